The second kappa shape index (κ2) is 7.20. The van der Waals surface area contributed by atoms with Gasteiger partial charge in [-0.1, -0.05) is 28.3 Å². The van der Waals surface area contributed by atoms with Crippen molar-refractivity contribution in [2.24, 2.45) is 16.9 Å². The van der Waals surface area contributed by atoms with Crippen LogP contribution >= 0.6 is 23.2 Å². The zero-order valence-electron chi connectivity index (χ0n) is 15.4. The largest absolute Gasteiger partial charge is 0.322 e. The topological polar surface area (TPSA) is 58.8 Å². The molecule has 148 valence electrons. The van der Waals surface area contributed by atoms with E-state index < -0.39 is 11.7 Å². The van der Waals surface area contributed by atoms with Gasteiger partial charge in [-0.15, -0.1) is 5.01 Å². The molecule has 1 aromatic carbocycles. The van der Waals surface area contributed by atoms with Crippen LogP contribution < -0.4 is 10.3 Å². The molecule has 2 aromatic rings. The van der Waals surface area contributed by atoms with Crippen LogP contribution in [-0.2, 0) is 0 Å². The molecule has 2 aliphatic carbocycles. The van der Waals surface area contributed by atoms with Gasteiger partial charge in [0.2, 0.25) is 0 Å². The number of amides is 1. The van der Waals surface area contributed by atoms with Gasteiger partial charge < -0.3 is 5.32 Å². The van der Waals surface area contributed by atoms with Crippen LogP contribution in [0.5, 0.6) is 0 Å². The van der Waals surface area contributed by atoms with Gasteiger partial charge in [0.15, 0.2) is 11.5 Å². The van der Waals surface area contributed by atoms with Crippen molar-refractivity contribution in [1.29, 1.82) is 0 Å². The van der Waals surface area contributed by atoms with Crippen molar-refractivity contribution in [3.8, 4) is 0 Å². The lowest BCUT2D eigenvalue weighted by molar-refractivity contribution is -0.799. The number of nitrogens with zero attached hydrogens (tertiary/aromatic N) is 2. The number of aromatic nitrogens is 1. The van der Waals surface area contributed by atoms with Gasteiger partial charge in [0, 0.05) is 48.1 Å². The first-order chi connectivity index (χ1) is 14.0. The third-order valence-electron chi connectivity index (χ3n) is 5.39. The molecule has 0 spiro atoms. The average molecular weight is 432 g/mol. The van der Waals surface area contributed by atoms with E-state index in [4.69, 9.17) is 28.3 Å². The first-order valence-electron chi connectivity index (χ1n) is 9.59. The van der Waals surface area contributed by atoms with Gasteiger partial charge in [-0.25, -0.2) is 4.39 Å². The van der Waals surface area contributed by atoms with Gasteiger partial charge in [-0.05, 0) is 31.7 Å². The Morgan fingerprint density at radius 1 is 1.10 bits per heavy atom. The molecule has 1 aliphatic heterocycles. The van der Waals surface area contributed by atoms with E-state index in [9.17, 15) is 9.18 Å². The summed E-state index contributed by atoms with van der Waals surface area (Å²) in [7, 11) is 0. The van der Waals surface area contributed by atoms with Crippen LogP contribution in [-0.4, -0.2) is 16.6 Å². The molecule has 1 amide bonds. The fourth-order valence-corrected chi connectivity index (χ4v) is 4.11. The summed E-state index contributed by atoms with van der Waals surface area (Å²) < 4.78 is 15.0. The zero-order chi connectivity index (χ0) is 20.1. The van der Waals surface area contributed by atoms with Gasteiger partial charge in [-0.3, -0.25) is 9.78 Å². The molecular weight excluding hydrogens is 414 g/mol. The van der Waals surface area contributed by atoms with Crippen molar-refractivity contribution in [2.75, 3.05) is 5.32 Å². The third kappa shape index (κ3) is 3.68. The lowest BCUT2D eigenvalue weighted by Crippen LogP contribution is -3.00. The molecule has 5 nitrogen and oxygen atoms in total. The van der Waals surface area contributed by atoms with Crippen molar-refractivity contribution in [2.45, 2.75) is 25.7 Å². The number of anilines is 1. The van der Waals surface area contributed by atoms with Crippen molar-refractivity contribution in [1.82, 2.24) is 4.98 Å². The second-order valence-corrected chi connectivity index (χ2v) is 8.47. The molecular formula is C21H18Cl2FN4O+. The van der Waals surface area contributed by atoms with Crippen LogP contribution in [0.15, 0.2) is 47.5 Å². The predicted octanol–water partition coefficient (Wildman–Crippen LogP) is 4.37. The van der Waals surface area contributed by atoms with Crippen LogP contribution in [0.3, 0.4) is 0 Å². The summed E-state index contributed by atoms with van der Waals surface area (Å²) in [5, 5.41) is 8.41. The van der Waals surface area contributed by atoms with Crippen LogP contribution in [0.1, 0.15) is 36.0 Å². The summed E-state index contributed by atoms with van der Waals surface area (Å²) >= 11 is 12.0. The van der Waals surface area contributed by atoms with Crippen molar-refractivity contribution in [3.05, 3.63) is 63.8 Å². The monoisotopic (exact) mass is 431 g/mol. The molecule has 1 aromatic heterocycles. The van der Waals surface area contributed by atoms with Crippen LogP contribution in [0.25, 0.3) is 0 Å². The highest BCUT2D eigenvalue weighted by Crippen LogP contribution is 2.38. The van der Waals surface area contributed by atoms with E-state index in [0.29, 0.717) is 23.2 Å². The molecule has 2 saturated carbocycles. The summed E-state index contributed by atoms with van der Waals surface area (Å²) in [6.07, 6.45) is 9.42. The molecule has 0 bridgehead atoms. The van der Waals surface area contributed by atoms with Gasteiger partial charge in [0.05, 0.1) is 15.6 Å². The van der Waals surface area contributed by atoms with Gasteiger partial charge in [0.1, 0.15) is 11.4 Å². The lowest BCUT2D eigenvalue weighted by Gasteiger charge is -2.13. The molecule has 1 unspecified atom stereocenters. The number of hydrogen-bond acceptors (Lipinski definition) is 3. The van der Waals surface area contributed by atoms with Gasteiger partial charge in [0.25, 0.3) is 5.91 Å². The Hall–Kier alpha value is -2.28. The van der Waals surface area contributed by atoms with E-state index >= 15 is 0 Å². The Kier molecular flexibility index (Phi) is 4.65. The summed E-state index contributed by atoms with van der Waals surface area (Å²) in [4.78, 5) is 16.3. The van der Waals surface area contributed by atoms with E-state index in [1.807, 2.05) is 0 Å². The summed E-state index contributed by atoms with van der Waals surface area (Å²) in [5.74, 6) is 0.0743. The molecule has 1 atom stereocenters. The van der Waals surface area contributed by atoms with E-state index in [2.05, 4.69) is 16.4 Å². The minimum absolute atomic E-state index is 0.107. The molecule has 29 heavy (non-hydrogen) atoms. The third-order valence-corrected chi connectivity index (χ3v) is 5.97. The van der Waals surface area contributed by atoms with E-state index in [-0.39, 0.29) is 15.6 Å². The van der Waals surface area contributed by atoms with E-state index in [1.165, 1.54) is 18.5 Å². The summed E-state index contributed by atoms with van der Waals surface area (Å²) in [5.41, 5.74) is 3.13. The standard InChI is InChI=1S/C21H17Cl2FN4O/c22-14-9-25-10-15(23)20(14)21(29)26-13-5-6-18(16(24)7-13)28-19(12-3-4-12)8-17(27-28)11-1-2-11/h5-12H,1-4H2,(H,26,29)/p+1. The molecule has 0 saturated heterocycles. The quantitative estimate of drug-likeness (QED) is 0.738. The van der Waals surface area contributed by atoms with Crippen LogP contribution in [0.4, 0.5) is 15.8 Å². The fraction of sp³-hybridized carbons (Fsp3) is 0.286. The number of nitrogens with one attached hydrogen (secondary N) is 2. The van der Waals surface area contributed by atoms with Crippen molar-refractivity contribution >= 4 is 46.2 Å². The van der Waals surface area contributed by atoms with Crippen molar-refractivity contribution in [3.63, 3.8) is 0 Å². The number of halogens is 3. The molecule has 8 heteroatoms. The number of carbonyl (C=O) groups is 1. The lowest BCUT2D eigenvalue weighted by atomic mass is 10.1. The summed E-state index contributed by atoms with van der Waals surface area (Å²) in [6.45, 7) is 0. The number of allylic oxidation sites excluding steroid dienone is 2. The molecule has 0 radical (unpaired) electrons. The van der Waals surface area contributed by atoms with E-state index in [1.54, 1.807) is 12.1 Å². The molecule has 5 rings (SSSR count). The zero-order valence-corrected chi connectivity index (χ0v) is 16.9. The fourth-order valence-electron chi connectivity index (χ4n) is 3.57. The highest BCUT2D eigenvalue weighted by atomic mass is 35.5. The van der Waals surface area contributed by atoms with Gasteiger partial charge in [-0.2, -0.15) is 0 Å². The summed E-state index contributed by atoms with van der Waals surface area (Å²) in [6, 6.07) is 4.64. The smallest absolute Gasteiger partial charge is 0.258 e. The van der Waals surface area contributed by atoms with Gasteiger partial charge >= 0.3 is 0 Å². The van der Waals surface area contributed by atoms with E-state index in [0.717, 1.165) is 42.1 Å². The maximum absolute atomic E-state index is 15.0. The minimum atomic E-state index is -0.518. The highest BCUT2D eigenvalue weighted by molar-refractivity contribution is 6.40. The predicted molar refractivity (Wildman–Crippen MR) is 110 cm³/mol. The SMILES string of the molecule is O=C(Nc1ccc([NH+]2N=C(C3CC3)C=C2C2CC2)c(F)c1)c1c(Cl)cncc1Cl. The Balaban J connectivity index is 1.39. The second-order valence-electron chi connectivity index (χ2n) is 7.66. The average Bonchev–Trinajstić information content (AvgIpc) is 3.60. The molecule has 2 heterocycles. The molecule has 2 fully saturated rings. The Morgan fingerprint density at radius 2 is 1.79 bits per heavy atom. The maximum Gasteiger partial charge on any atom is 0.258 e. The van der Waals surface area contributed by atoms with Crippen molar-refractivity contribution < 1.29 is 14.2 Å². The number of quaternary nitrogens is 1. The number of carbonyl (C=O) groups excluding carboxylic acids is 1. The highest BCUT2D eigenvalue weighted by Gasteiger charge is 2.42. The molecule has 3 aliphatic rings. The number of hydrogen-bond donors (Lipinski definition) is 2. The number of benzene rings is 1. The number of rotatable bonds is 5. The number of pyridine rings is 1. The Bertz CT molecular complexity index is 1060. The Labute approximate surface area is 177 Å². The Morgan fingerprint density at radius 3 is 2.41 bits per heavy atom. The van der Waals surface area contributed by atoms with Crippen LogP contribution in [0.2, 0.25) is 10.0 Å². The minimum Gasteiger partial charge on any atom is -0.322 e. The van der Waals surface area contributed by atoms with Crippen LogP contribution in [0, 0.1) is 17.7 Å². The first-order valence-corrected chi connectivity index (χ1v) is 10.3. The normalized spacial score (nSPS) is 21.0. The maximum atomic E-state index is 15.0. The molecule has 2 N–H and O–H groups in total. The first kappa shape index (κ1) is 18.7.